The zero-order valence-corrected chi connectivity index (χ0v) is 23.6. The molecule has 0 spiro atoms. The summed E-state index contributed by atoms with van der Waals surface area (Å²) in [4.78, 5) is 5.22. The van der Waals surface area contributed by atoms with Crippen LogP contribution in [0.1, 0.15) is 0 Å². The maximum atomic E-state index is 5.22. The Morgan fingerprint density at radius 1 is 0.487 bits per heavy atom. The second kappa shape index (κ2) is 8.76. The number of fused-ring (bicyclic) bond motifs is 10. The second-order valence-corrected chi connectivity index (χ2v) is 16.1. The zero-order valence-electron chi connectivity index (χ0n) is 21.0. The van der Waals surface area contributed by atoms with Gasteiger partial charge in [0, 0.05) is 0 Å². The fourth-order valence-electron chi connectivity index (χ4n) is 6.12. The summed E-state index contributed by atoms with van der Waals surface area (Å²) >= 11 is 3.76. The van der Waals surface area contributed by atoms with E-state index >= 15 is 0 Å². The first kappa shape index (κ1) is 22.9. The Kier molecular flexibility index (Phi) is 5.15. The molecule has 0 bridgehead atoms. The zero-order chi connectivity index (χ0) is 26.0. The standard InChI is InChI=1S/C35H23N2PSe/c39-38(24-12-3-1-4-13-24,25-14-5-2-6-15-25)33-21-11-17-28-27(33)22-23-29-26-16-7-9-19-31(26)37-32-20-10-8-18-30(32)36-35(37)34(28)29/h1-23H. The molecule has 0 unspecified atom stereocenters. The third kappa shape index (κ3) is 3.28. The van der Waals surface area contributed by atoms with Crippen LogP contribution >= 0.6 is 5.51 Å². The third-order valence-corrected chi connectivity index (χ3v) is 14.8. The van der Waals surface area contributed by atoms with Gasteiger partial charge < -0.3 is 0 Å². The molecule has 0 aliphatic rings. The molecular formula is C35H23N2PSe. The van der Waals surface area contributed by atoms with Crippen molar-refractivity contribution < 1.29 is 0 Å². The molecule has 0 atom stereocenters. The van der Waals surface area contributed by atoms with Gasteiger partial charge in [-0.05, 0) is 0 Å². The van der Waals surface area contributed by atoms with Gasteiger partial charge in [-0.15, -0.1) is 0 Å². The fraction of sp³-hybridized carbons (Fsp3) is 0. The molecule has 8 rings (SSSR count). The van der Waals surface area contributed by atoms with Crippen molar-refractivity contribution in [2.75, 3.05) is 0 Å². The first-order chi connectivity index (χ1) is 19.2. The molecule has 4 heteroatoms. The minimum absolute atomic E-state index is 1.01. The van der Waals surface area contributed by atoms with Gasteiger partial charge in [0.2, 0.25) is 0 Å². The number of rotatable bonds is 3. The fourth-order valence-corrected chi connectivity index (χ4v) is 11.5. The molecule has 0 radical (unpaired) electrons. The summed E-state index contributed by atoms with van der Waals surface area (Å²) in [5, 5.41) is 10.2. The Hall–Kier alpha value is -4.00. The normalized spacial score (nSPS) is 12.2. The van der Waals surface area contributed by atoms with E-state index in [2.05, 4.69) is 159 Å². The van der Waals surface area contributed by atoms with Crippen LogP contribution in [0.4, 0.5) is 0 Å². The number of pyridine rings is 1. The van der Waals surface area contributed by atoms with Crippen molar-refractivity contribution in [3.05, 3.63) is 140 Å². The summed E-state index contributed by atoms with van der Waals surface area (Å²) in [5.41, 5.74) is 2.31. The average Bonchev–Trinajstić information content (AvgIpc) is 3.41. The van der Waals surface area contributed by atoms with Crippen LogP contribution in [-0.4, -0.2) is 24.5 Å². The van der Waals surface area contributed by atoms with E-state index in [1.807, 2.05) is 0 Å². The Bertz CT molecular complexity index is 2210. The maximum absolute atomic E-state index is 5.22. The van der Waals surface area contributed by atoms with Gasteiger partial charge in [-0.2, -0.15) is 0 Å². The quantitative estimate of drug-likeness (QED) is 0.121. The van der Waals surface area contributed by atoms with Crippen LogP contribution in [0.2, 0.25) is 0 Å². The van der Waals surface area contributed by atoms with E-state index in [0.29, 0.717) is 0 Å². The van der Waals surface area contributed by atoms with Crippen molar-refractivity contribution in [1.29, 1.82) is 0 Å². The summed E-state index contributed by atoms with van der Waals surface area (Å²) in [6, 6.07) is 50.5. The number of imidazole rings is 1. The van der Waals surface area contributed by atoms with Crippen molar-refractivity contribution in [2.45, 2.75) is 0 Å². The third-order valence-electron chi connectivity index (χ3n) is 7.84. The molecule has 184 valence electrons. The molecule has 6 aromatic carbocycles. The number of aromatic nitrogens is 2. The van der Waals surface area contributed by atoms with E-state index in [0.717, 1.165) is 16.7 Å². The van der Waals surface area contributed by atoms with Gasteiger partial charge in [0.1, 0.15) is 0 Å². The summed E-state index contributed by atoms with van der Waals surface area (Å²) in [6.45, 7) is 0. The van der Waals surface area contributed by atoms with Crippen molar-refractivity contribution >= 4 is 85.6 Å². The molecule has 0 saturated carbocycles. The molecular weight excluding hydrogens is 558 g/mol. The van der Waals surface area contributed by atoms with Crippen LogP contribution < -0.4 is 15.9 Å². The molecule has 0 fully saturated rings. The van der Waals surface area contributed by atoms with E-state index in [9.17, 15) is 0 Å². The van der Waals surface area contributed by atoms with E-state index in [1.165, 1.54) is 48.4 Å². The van der Waals surface area contributed by atoms with Gasteiger partial charge in [-0.25, -0.2) is 0 Å². The number of benzene rings is 6. The molecule has 2 nitrogen and oxygen atoms in total. The van der Waals surface area contributed by atoms with Crippen LogP contribution in [-0.2, 0) is 0 Å². The molecule has 0 N–H and O–H groups in total. The Labute approximate surface area is 233 Å². The predicted octanol–water partition coefficient (Wildman–Crippen LogP) is 7.32. The van der Waals surface area contributed by atoms with Crippen LogP contribution in [0.5, 0.6) is 0 Å². The molecule has 0 aliphatic heterocycles. The monoisotopic (exact) mass is 582 g/mol. The van der Waals surface area contributed by atoms with Crippen molar-refractivity contribution in [3.8, 4) is 0 Å². The molecule has 0 saturated heterocycles. The van der Waals surface area contributed by atoms with Gasteiger partial charge >= 0.3 is 235 Å². The van der Waals surface area contributed by atoms with Gasteiger partial charge in [-0.1, -0.05) is 0 Å². The Balaban J connectivity index is 1.57. The second-order valence-electron chi connectivity index (χ2n) is 9.92. The van der Waals surface area contributed by atoms with Crippen LogP contribution in [0, 0.1) is 0 Å². The number of hydrogen-bond donors (Lipinski definition) is 0. The Morgan fingerprint density at radius 3 is 1.79 bits per heavy atom. The first-order valence-corrected chi connectivity index (χ1v) is 17.1. The Morgan fingerprint density at radius 2 is 1.05 bits per heavy atom. The van der Waals surface area contributed by atoms with Crippen molar-refractivity contribution in [1.82, 2.24) is 9.38 Å². The van der Waals surface area contributed by atoms with Gasteiger partial charge in [0.25, 0.3) is 0 Å². The molecule has 8 aromatic rings. The molecule has 39 heavy (non-hydrogen) atoms. The van der Waals surface area contributed by atoms with E-state index in [-0.39, 0.29) is 0 Å². The topological polar surface area (TPSA) is 17.3 Å². The average molecular weight is 582 g/mol. The SMILES string of the molecule is [Se]=P(c1ccccc1)(c1ccccc1)c1cccc2c1ccc1c3ccccc3n3c4ccccc4nc3c21. The number of para-hydroxylation sites is 3. The van der Waals surface area contributed by atoms with Crippen LogP contribution in [0.25, 0.3) is 49.1 Å². The van der Waals surface area contributed by atoms with Crippen LogP contribution in [0.15, 0.2) is 140 Å². The van der Waals surface area contributed by atoms with Gasteiger partial charge in [-0.3, -0.25) is 0 Å². The number of hydrogen-bond acceptors (Lipinski definition) is 1. The van der Waals surface area contributed by atoms with Crippen molar-refractivity contribution in [2.24, 2.45) is 0 Å². The number of nitrogens with zero attached hydrogens (tertiary/aromatic N) is 2. The van der Waals surface area contributed by atoms with E-state index < -0.39 is 5.51 Å². The van der Waals surface area contributed by atoms with Crippen LogP contribution in [0.3, 0.4) is 0 Å². The molecule has 0 amide bonds. The summed E-state index contributed by atoms with van der Waals surface area (Å²) < 4.78 is 2.34. The molecule has 2 aromatic heterocycles. The van der Waals surface area contributed by atoms with Gasteiger partial charge in [0.15, 0.2) is 0 Å². The van der Waals surface area contributed by atoms with E-state index in [1.54, 1.807) is 0 Å². The molecule has 2 heterocycles. The van der Waals surface area contributed by atoms with E-state index in [4.69, 9.17) is 4.98 Å². The summed E-state index contributed by atoms with van der Waals surface area (Å²) in [6.07, 6.45) is 0. The summed E-state index contributed by atoms with van der Waals surface area (Å²) in [7, 11) is 0. The van der Waals surface area contributed by atoms with Gasteiger partial charge in [0.05, 0.1) is 0 Å². The summed E-state index contributed by atoms with van der Waals surface area (Å²) in [5.74, 6) is 0. The first-order valence-electron chi connectivity index (χ1n) is 13.1. The van der Waals surface area contributed by atoms with Crippen molar-refractivity contribution in [3.63, 3.8) is 0 Å². The molecule has 0 aliphatic carbocycles. The minimum atomic E-state index is -2.04. The predicted molar refractivity (Wildman–Crippen MR) is 170 cm³/mol.